The highest BCUT2D eigenvalue weighted by molar-refractivity contribution is 7.80. The van der Waals surface area contributed by atoms with Crippen molar-refractivity contribution in [3.8, 4) is 6.07 Å². The number of amides is 1. The van der Waals surface area contributed by atoms with E-state index in [1.807, 2.05) is 20.9 Å². The van der Waals surface area contributed by atoms with Crippen LogP contribution in [0.5, 0.6) is 0 Å². The molecule has 2 aromatic rings. The zero-order valence-corrected chi connectivity index (χ0v) is 22.2. The molecule has 1 aromatic carbocycles. The number of benzene rings is 1. The van der Waals surface area contributed by atoms with Gasteiger partial charge in [0.15, 0.2) is 5.11 Å². The molecule has 3 rings (SSSR count). The van der Waals surface area contributed by atoms with Gasteiger partial charge in [0.25, 0.3) is 5.91 Å². The molecule has 1 fully saturated rings. The highest BCUT2D eigenvalue weighted by atomic mass is 32.1. The molecule has 2 heterocycles. The number of piperidine rings is 1. The van der Waals surface area contributed by atoms with Crippen molar-refractivity contribution in [2.24, 2.45) is 0 Å². The van der Waals surface area contributed by atoms with Crippen molar-refractivity contribution in [2.75, 3.05) is 26.7 Å². The van der Waals surface area contributed by atoms with Crippen molar-refractivity contribution >= 4 is 34.6 Å². The van der Waals surface area contributed by atoms with Crippen molar-refractivity contribution < 1.29 is 4.79 Å². The number of nitrogens with one attached hydrogen (secondary N) is 2. The maximum atomic E-state index is 12.8. The fourth-order valence-corrected chi connectivity index (χ4v) is 5.65. The van der Waals surface area contributed by atoms with E-state index in [9.17, 15) is 4.79 Å². The van der Waals surface area contributed by atoms with Crippen LogP contribution in [0.15, 0.2) is 29.0 Å². The van der Waals surface area contributed by atoms with Gasteiger partial charge in [0.1, 0.15) is 0 Å². The standard InChI is InChI=1S/C26H35N5OS2/c1-18-13-22(15-27)14-19(2)24(18)25(32)29-9-5-20(3)30-10-6-23(7-11-30)31(26(33)28-4)16-21-8-12-34-17-21/h8,12-14,17,20,23H,5-7,9-11,16H2,1-4H3,(H,28,33)(H,29,32)/t20-/m1/s1. The van der Waals surface area contributed by atoms with Gasteiger partial charge in [0.2, 0.25) is 0 Å². The summed E-state index contributed by atoms with van der Waals surface area (Å²) >= 11 is 7.34. The minimum atomic E-state index is -0.0601. The van der Waals surface area contributed by atoms with Crippen LogP contribution in [0.1, 0.15) is 58.8 Å². The first-order valence-corrected chi connectivity index (χ1v) is 13.2. The summed E-state index contributed by atoms with van der Waals surface area (Å²) in [6.07, 6.45) is 3.05. The van der Waals surface area contributed by atoms with Crippen LogP contribution in [0.3, 0.4) is 0 Å². The minimum Gasteiger partial charge on any atom is -0.366 e. The lowest BCUT2D eigenvalue weighted by atomic mass is 9.99. The van der Waals surface area contributed by atoms with E-state index in [1.54, 1.807) is 23.5 Å². The maximum absolute atomic E-state index is 12.8. The van der Waals surface area contributed by atoms with E-state index in [-0.39, 0.29) is 5.91 Å². The molecule has 0 saturated carbocycles. The molecule has 1 atom stereocenters. The molecular weight excluding hydrogens is 462 g/mol. The Bertz CT molecular complexity index is 999. The molecule has 1 saturated heterocycles. The second-order valence-electron chi connectivity index (χ2n) is 9.07. The van der Waals surface area contributed by atoms with Crippen molar-refractivity contribution in [2.45, 2.75) is 58.7 Å². The van der Waals surface area contributed by atoms with Crippen LogP contribution in [0.2, 0.25) is 0 Å². The molecule has 1 aromatic heterocycles. The molecule has 1 aliphatic rings. The highest BCUT2D eigenvalue weighted by Crippen LogP contribution is 2.22. The average molecular weight is 498 g/mol. The SMILES string of the molecule is CNC(=S)N(Cc1ccsc1)C1CCN([C@H](C)CCNC(=O)c2c(C)cc(C#N)cc2C)CC1. The van der Waals surface area contributed by atoms with Gasteiger partial charge in [-0.05, 0) is 97.9 Å². The lowest BCUT2D eigenvalue weighted by molar-refractivity contribution is 0.0935. The second kappa shape index (κ2) is 12.3. The third-order valence-corrected chi connectivity index (χ3v) is 7.88. The zero-order valence-electron chi connectivity index (χ0n) is 20.6. The predicted octanol–water partition coefficient (Wildman–Crippen LogP) is 4.22. The number of carbonyl (C=O) groups excluding carboxylic acids is 1. The van der Waals surface area contributed by atoms with Crippen LogP contribution >= 0.6 is 23.6 Å². The monoisotopic (exact) mass is 497 g/mol. The number of thiocarbonyl (C=S) groups is 1. The fraction of sp³-hybridized carbons (Fsp3) is 0.500. The molecule has 0 bridgehead atoms. The van der Waals surface area contributed by atoms with Gasteiger partial charge >= 0.3 is 0 Å². The molecule has 1 aliphatic heterocycles. The Labute approximate surface area is 212 Å². The lowest BCUT2D eigenvalue weighted by Crippen LogP contribution is -2.51. The van der Waals surface area contributed by atoms with Gasteiger partial charge in [-0.25, -0.2) is 0 Å². The normalized spacial score (nSPS) is 15.4. The number of likely N-dealkylation sites (tertiary alicyclic amines) is 1. The number of hydrogen-bond donors (Lipinski definition) is 2. The van der Waals surface area contributed by atoms with Gasteiger partial charge in [0, 0.05) is 50.9 Å². The first-order chi connectivity index (χ1) is 16.3. The van der Waals surface area contributed by atoms with E-state index in [0.717, 1.165) is 55.1 Å². The topological polar surface area (TPSA) is 71.4 Å². The summed E-state index contributed by atoms with van der Waals surface area (Å²) in [6, 6.07) is 8.70. The summed E-state index contributed by atoms with van der Waals surface area (Å²) in [5, 5.41) is 20.5. The molecule has 0 aliphatic carbocycles. The molecular formula is C26H35N5OS2. The van der Waals surface area contributed by atoms with Crippen LogP contribution in [0.4, 0.5) is 0 Å². The molecule has 0 unspecified atom stereocenters. The molecule has 34 heavy (non-hydrogen) atoms. The predicted molar refractivity (Wildman–Crippen MR) is 143 cm³/mol. The Balaban J connectivity index is 1.48. The van der Waals surface area contributed by atoms with Crippen LogP contribution < -0.4 is 10.6 Å². The first kappa shape index (κ1) is 26.1. The number of nitriles is 1. The van der Waals surface area contributed by atoms with Crippen LogP contribution in [-0.2, 0) is 6.54 Å². The Morgan fingerprint density at radius 2 is 2.00 bits per heavy atom. The van der Waals surface area contributed by atoms with Gasteiger partial charge in [-0.3, -0.25) is 4.79 Å². The Morgan fingerprint density at radius 1 is 1.32 bits per heavy atom. The quantitative estimate of drug-likeness (QED) is 0.532. The third-order valence-electron chi connectivity index (χ3n) is 6.71. The van der Waals surface area contributed by atoms with Gasteiger partial charge in [-0.2, -0.15) is 16.6 Å². The minimum absolute atomic E-state index is 0.0601. The Morgan fingerprint density at radius 3 is 2.56 bits per heavy atom. The van der Waals surface area contributed by atoms with Gasteiger partial charge < -0.3 is 20.4 Å². The van der Waals surface area contributed by atoms with Crippen LogP contribution in [-0.4, -0.2) is 59.6 Å². The average Bonchev–Trinajstić information content (AvgIpc) is 3.35. The summed E-state index contributed by atoms with van der Waals surface area (Å²) < 4.78 is 0. The molecule has 0 spiro atoms. The van der Waals surface area contributed by atoms with Crippen molar-refractivity contribution in [1.29, 1.82) is 5.26 Å². The van der Waals surface area contributed by atoms with E-state index in [1.165, 1.54) is 5.56 Å². The highest BCUT2D eigenvalue weighted by Gasteiger charge is 2.28. The van der Waals surface area contributed by atoms with Crippen LogP contribution in [0, 0.1) is 25.2 Å². The summed E-state index contributed by atoms with van der Waals surface area (Å²) in [5.74, 6) is -0.0601. The van der Waals surface area contributed by atoms with Crippen molar-refractivity contribution in [1.82, 2.24) is 20.4 Å². The van der Waals surface area contributed by atoms with Gasteiger partial charge in [-0.15, -0.1) is 0 Å². The van der Waals surface area contributed by atoms with Crippen molar-refractivity contribution in [3.63, 3.8) is 0 Å². The summed E-state index contributed by atoms with van der Waals surface area (Å²) in [5.41, 5.74) is 4.26. The number of hydrogen-bond acceptors (Lipinski definition) is 5. The number of thiophene rings is 1. The Kier molecular flexibility index (Phi) is 9.45. The van der Waals surface area contributed by atoms with Crippen LogP contribution in [0.25, 0.3) is 0 Å². The molecule has 182 valence electrons. The largest absolute Gasteiger partial charge is 0.366 e. The smallest absolute Gasteiger partial charge is 0.251 e. The Hall–Kier alpha value is -2.47. The van der Waals surface area contributed by atoms with E-state index < -0.39 is 0 Å². The first-order valence-electron chi connectivity index (χ1n) is 11.9. The fourth-order valence-electron chi connectivity index (χ4n) is 4.78. The number of rotatable bonds is 8. The van der Waals surface area contributed by atoms with Gasteiger partial charge in [0.05, 0.1) is 11.6 Å². The molecule has 2 N–H and O–H groups in total. The molecule has 6 nitrogen and oxygen atoms in total. The van der Waals surface area contributed by atoms with Crippen molar-refractivity contribution in [3.05, 3.63) is 56.8 Å². The maximum Gasteiger partial charge on any atom is 0.251 e. The molecule has 8 heteroatoms. The molecule has 1 amide bonds. The third kappa shape index (κ3) is 6.56. The van der Waals surface area contributed by atoms with Gasteiger partial charge in [-0.1, -0.05) is 0 Å². The summed E-state index contributed by atoms with van der Waals surface area (Å²) in [4.78, 5) is 17.6. The van der Waals surface area contributed by atoms with E-state index >= 15 is 0 Å². The zero-order chi connectivity index (χ0) is 24.7. The number of aryl methyl sites for hydroxylation is 2. The van der Waals surface area contributed by atoms with E-state index in [2.05, 4.69) is 50.3 Å². The lowest BCUT2D eigenvalue weighted by Gasteiger charge is -2.41. The van der Waals surface area contributed by atoms with E-state index in [0.29, 0.717) is 29.8 Å². The summed E-state index contributed by atoms with van der Waals surface area (Å²) in [6.45, 7) is 9.55. The second-order valence-corrected chi connectivity index (χ2v) is 10.2. The molecule has 0 radical (unpaired) electrons. The summed E-state index contributed by atoms with van der Waals surface area (Å²) in [7, 11) is 1.90. The number of carbonyl (C=O) groups is 1. The van der Waals surface area contributed by atoms with E-state index in [4.69, 9.17) is 17.5 Å². The number of nitrogens with zero attached hydrogens (tertiary/aromatic N) is 3.